The van der Waals surface area contributed by atoms with Crippen molar-refractivity contribution in [3.8, 4) is 22.3 Å². The van der Waals surface area contributed by atoms with Crippen LogP contribution in [0, 0.1) is 0 Å². The second kappa shape index (κ2) is 16.2. The number of nitrogens with zero attached hydrogens (tertiary/aromatic N) is 4. The molecule has 0 saturated carbocycles. The van der Waals surface area contributed by atoms with E-state index in [2.05, 4.69) is 9.80 Å². The number of carbonyl (C=O) groups excluding carboxylic acids is 4. The van der Waals surface area contributed by atoms with Crippen LogP contribution >= 0.6 is 0 Å². The highest BCUT2D eigenvalue weighted by Gasteiger charge is 2.41. The van der Waals surface area contributed by atoms with Crippen LogP contribution in [0.1, 0.15) is 55.3 Å². The fourth-order valence-electron chi connectivity index (χ4n) is 8.54. The zero-order valence-corrected chi connectivity index (χ0v) is 34.7. The third kappa shape index (κ3) is 6.49. The van der Waals surface area contributed by atoms with Crippen molar-refractivity contribution in [2.45, 2.75) is 13.8 Å². The Morgan fingerprint density at radius 3 is 0.855 bits per heavy atom. The lowest BCUT2D eigenvalue weighted by molar-refractivity contribution is 0.0630. The van der Waals surface area contributed by atoms with Gasteiger partial charge in [0.05, 0.1) is 11.1 Å². The summed E-state index contributed by atoms with van der Waals surface area (Å²) in [6.07, 6.45) is 0. The van der Waals surface area contributed by atoms with E-state index in [1.807, 2.05) is 184 Å². The van der Waals surface area contributed by atoms with E-state index in [-0.39, 0.29) is 22.3 Å². The number of anilines is 6. The van der Waals surface area contributed by atoms with E-state index in [1.165, 1.54) is 14.1 Å². The highest BCUT2D eigenvalue weighted by molar-refractivity contribution is 6.36. The van der Waals surface area contributed by atoms with Crippen molar-refractivity contribution in [3.05, 3.63) is 204 Å². The molecule has 8 nitrogen and oxygen atoms in total. The van der Waals surface area contributed by atoms with Crippen LogP contribution in [-0.2, 0) is 0 Å². The zero-order valence-electron chi connectivity index (χ0n) is 34.7. The summed E-state index contributed by atoms with van der Waals surface area (Å²) in [5.74, 6) is -2.01. The Morgan fingerprint density at radius 1 is 0.323 bits per heavy atom. The van der Waals surface area contributed by atoms with Crippen molar-refractivity contribution in [1.82, 2.24) is 9.80 Å². The molecule has 8 aromatic carbocycles. The van der Waals surface area contributed by atoms with Gasteiger partial charge in [-0.15, -0.1) is 0 Å². The SMILES string of the molecule is CC.CN1C(=O)c2cc(-c3ccc(N(c4ccccc4)c4ccccc4)cc3)c3c4c(cc(-c5ccc(N(c6ccccc6)c6ccccc6)cc5)c(c24)C1=O)C(=O)N(C)C3=O. The standard InChI is InChI=1S/C52H36N4O4.C2H6/c1-53-49(57)43-31-42(34-25-29-40(30-26-34)56(37-19-11-5-12-20-37)38-21-13-6-14-22-38)48-46-44(50(58)54(2)52(48)60)32-41(47(45(43)46)51(53)59)33-23-27-39(28-24-33)55(35-15-7-3-8-16-35)36-17-9-4-10-18-36;1-2/h3-32H,1-2H3;1-2H3. The lowest BCUT2D eigenvalue weighted by atomic mass is 9.79. The van der Waals surface area contributed by atoms with Crippen LogP contribution in [0.3, 0.4) is 0 Å². The molecule has 4 amide bonds. The first-order valence-corrected chi connectivity index (χ1v) is 20.6. The number of hydrogen-bond donors (Lipinski definition) is 0. The largest absolute Gasteiger partial charge is 0.311 e. The molecule has 0 spiro atoms. The van der Waals surface area contributed by atoms with Crippen LogP contribution in [-0.4, -0.2) is 47.5 Å². The van der Waals surface area contributed by atoms with Gasteiger partial charge in [0.1, 0.15) is 0 Å². The van der Waals surface area contributed by atoms with Gasteiger partial charge in [0.15, 0.2) is 0 Å². The molecule has 0 bridgehead atoms. The number of benzene rings is 8. The summed E-state index contributed by atoms with van der Waals surface area (Å²) in [4.78, 5) is 63.5. The summed E-state index contributed by atoms with van der Waals surface area (Å²) < 4.78 is 0. The predicted octanol–water partition coefficient (Wildman–Crippen LogP) is 12.6. The van der Waals surface area contributed by atoms with Gasteiger partial charge in [-0.25, -0.2) is 0 Å². The molecule has 2 aliphatic heterocycles. The van der Waals surface area contributed by atoms with Gasteiger partial charge in [-0.3, -0.25) is 29.0 Å². The molecule has 2 aliphatic rings. The zero-order chi connectivity index (χ0) is 43.1. The van der Waals surface area contributed by atoms with Crippen molar-refractivity contribution in [3.63, 3.8) is 0 Å². The van der Waals surface area contributed by atoms with Crippen molar-refractivity contribution in [2.75, 3.05) is 23.9 Å². The molecule has 0 unspecified atom stereocenters. The fourth-order valence-corrected chi connectivity index (χ4v) is 8.54. The third-order valence-electron chi connectivity index (χ3n) is 11.4. The number of imide groups is 2. The van der Waals surface area contributed by atoms with E-state index in [9.17, 15) is 19.2 Å². The van der Waals surface area contributed by atoms with Gasteiger partial charge in [0.2, 0.25) is 0 Å². The average molecular weight is 811 g/mol. The monoisotopic (exact) mass is 810 g/mol. The Balaban J connectivity index is 0.00000242. The smallest absolute Gasteiger partial charge is 0.261 e. The van der Waals surface area contributed by atoms with Crippen LogP contribution in [0.5, 0.6) is 0 Å². The third-order valence-corrected chi connectivity index (χ3v) is 11.4. The summed E-state index contributed by atoms with van der Waals surface area (Å²) >= 11 is 0. The molecule has 8 aromatic rings. The van der Waals surface area contributed by atoms with Crippen molar-refractivity contribution in [1.29, 1.82) is 0 Å². The van der Waals surface area contributed by atoms with E-state index < -0.39 is 23.6 Å². The molecule has 2 heterocycles. The summed E-state index contributed by atoms with van der Waals surface area (Å²) in [6, 6.07) is 59.2. The topological polar surface area (TPSA) is 81.2 Å². The molecule has 0 aromatic heterocycles. The Labute approximate surface area is 360 Å². The van der Waals surface area contributed by atoms with Gasteiger partial charge in [-0.1, -0.05) is 111 Å². The van der Waals surface area contributed by atoms with Crippen molar-refractivity contribution in [2.24, 2.45) is 0 Å². The van der Waals surface area contributed by atoms with E-state index in [0.29, 0.717) is 33.0 Å². The van der Waals surface area contributed by atoms with Gasteiger partial charge in [-0.05, 0) is 107 Å². The van der Waals surface area contributed by atoms with E-state index in [4.69, 9.17) is 0 Å². The number of amides is 4. The van der Waals surface area contributed by atoms with E-state index in [0.717, 1.165) is 43.9 Å². The van der Waals surface area contributed by atoms with Gasteiger partial charge in [0.25, 0.3) is 23.6 Å². The highest BCUT2D eigenvalue weighted by Crippen LogP contribution is 2.47. The molecule has 0 aliphatic carbocycles. The fraction of sp³-hybridized carbons (Fsp3) is 0.0741. The average Bonchev–Trinajstić information content (AvgIpc) is 3.33. The second-order valence-electron chi connectivity index (χ2n) is 14.9. The van der Waals surface area contributed by atoms with Crippen LogP contribution in [0.4, 0.5) is 34.1 Å². The molecule has 0 N–H and O–H groups in total. The predicted molar refractivity (Wildman–Crippen MR) is 248 cm³/mol. The maximum Gasteiger partial charge on any atom is 0.261 e. The maximum absolute atomic E-state index is 14.3. The number of rotatable bonds is 8. The molecule has 8 heteroatoms. The minimum atomic E-state index is -0.505. The quantitative estimate of drug-likeness (QED) is 0.142. The van der Waals surface area contributed by atoms with Gasteiger partial charge in [0, 0.05) is 70.1 Å². The second-order valence-corrected chi connectivity index (χ2v) is 14.9. The Bertz CT molecular complexity index is 2720. The summed E-state index contributed by atoms with van der Waals surface area (Å²) in [7, 11) is 2.94. The Morgan fingerprint density at radius 2 is 0.581 bits per heavy atom. The molecule has 10 rings (SSSR count). The molecular formula is C54H42N4O4. The number of hydrogen-bond acceptors (Lipinski definition) is 6. The molecule has 0 fully saturated rings. The normalized spacial score (nSPS) is 12.9. The Kier molecular flexibility index (Phi) is 10.3. The minimum Gasteiger partial charge on any atom is -0.311 e. The molecule has 0 saturated heterocycles. The maximum atomic E-state index is 14.3. The van der Waals surface area contributed by atoms with Crippen molar-refractivity contribution >= 4 is 68.5 Å². The van der Waals surface area contributed by atoms with Gasteiger partial charge >= 0.3 is 0 Å². The summed E-state index contributed by atoms with van der Waals surface area (Å²) in [5.41, 5.74) is 9.11. The first-order valence-electron chi connectivity index (χ1n) is 20.6. The van der Waals surface area contributed by atoms with Gasteiger partial charge < -0.3 is 9.80 Å². The number of para-hydroxylation sites is 4. The molecule has 62 heavy (non-hydrogen) atoms. The number of carbonyl (C=O) groups is 4. The molecule has 0 atom stereocenters. The summed E-state index contributed by atoms with van der Waals surface area (Å²) in [6.45, 7) is 4.00. The molecular weight excluding hydrogens is 769 g/mol. The van der Waals surface area contributed by atoms with Crippen LogP contribution < -0.4 is 9.80 Å². The van der Waals surface area contributed by atoms with Crippen LogP contribution in [0.15, 0.2) is 182 Å². The first-order chi connectivity index (χ1) is 30.3. The van der Waals surface area contributed by atoms with Gasteiger partial charge in [-0.2, -0.15) is 0 Å². The Hall–Kier alpha value is -8.10. The van der Waals surface area contributed by atoms with E-state index >= 15 is 0 Å². The summed E-state index contributed by atoms with van der Waals surface area (Å²) in [5, 5.41) is 0.638. The molecule has 302 valence electrons. The first kappa shape index (κ1) is 39.4. The lowest BCUT2D eigenvalue weighted by Gasteiger charge is -2.32. The van der Waals surface area contributed by atoms with Crippen LogP contribution in [0.2, 0.25) is 0 Å². The highest BCUT2D eigenvalue weighted by atomic mass is 16.2. The molecule has 0 radical (unpaired) electrons. The van der Waals surface area contributed by atoms with Crippen LogP contribution in [0.25, 0.3) is 33.0 Å². The lowest BCUT2D eigenvalue weighted by Crippen LogP contribution is -2.41. The minimum absolute atomic E-state index is 0.254. The van der Waals surface area contributed by atoms with Crippen molar-refractivity contribution < 1.29 is 19.2 Å². The van der Waals surface area contributed by atoms with E-state index in [1.54, 1.807) is 12.1 Å².